The van der Waals surface area contributed by atoms with E-state index in [1.165, 1.54) is 12.8 Å². The van der Waals surface area contributed by atoms with E-state index in [4.69, 9.17) is 14.9 Å². The van der Waals surface area contributed by atoms with Crippen LogP contribution in [0.2, 0.25) is 0 Å². The van der Waals surface area contributed by atoms with E-state index in [1.807, 2.05) is 6.07 Å². The fourth-order valence-corrected chi connectivity index (χ4v) is 2.45. The molecule has 2 aromatic heterocycles. The summed E-state index contributed by atoms with van der Waals surface area (Å²) in [6.07, 6.45) is 2.35. The molecule has 0 amide bonds. The second-order valence-electron chi connectivity index (χ2n) is 5.15. The zero-order chi connectivity index (χ0) is 12.8. The van der Waals surface area contributed by atoms with Gasteiger partial charge in [-0.25, -0.2) is 4.98 Å². The number of hydrogen-bond acceptors (Lipinski definition) is 6. The molecule has 0 atom stereocenters. The Bertz CT molecular complexity index is 614. The first-order chi connectivity index (χ1) is 9.31. The van der Waals surface area contributed by atoms with Gasteiger partial charge in [0.15, 0.2) is 5.58 Å². The summed E-state index contributed by atoms with van der Waals surface area (Å²) >= 11 is 0. The molecule has 6 heteroatoms. The number of nitrogens with two attached hydrogens (primary N) is 1. The van der Waals surface area contributed by atoms with Crippen LogP contribution in [0.5, 0.6) is 0 Å². The summed E-state index contributed by atoms with van der Waals surface area (Å²) in [5, 5.41) is 0. The lowest BCUT2D eigenvalue weighted by Crippen LogP contribution is -2.36. The minimum atomic E-state index is 0.521. The first-order valence-corrected chi connectivity index (χ1v) is 6.71. The topological polar surface area (TPSA) is 77.4 Å². The van der Waals surface area contributed by atoms with Gasteiger partial charge < -0.3 is 19.8 Å². The fraction of sp³-hybridized carbons (Fsp3) is 0.538. The maximum Gasteiger partial charge on any atom is 0.300 e. The lowest BCUT2D eigenvalue weighted by atomic mass is 10.2. The van der Waals surface area contributed by atoms with E-state index in [0.29, 0.717) is 36.4 Å². The van der Waals surface area contributed by atoms with Gasteiger partial charge in [-0.05, 0) is 12.8 Å². The van der Waals surface area contributed by atoms with E-state index in [2.05, 4.69) is 14.9 Å². The maximum absolute atomic E-state index is 6.03. The molecule has 0 aromatic carbocycles. The van der Waals surface area contributed by atoms with Crippen LogP contribution in [-0.4, -0.2) is 36.3 Å². The Morgan fingerprint density at radius 3 is 2.74 bits per heavy atom. The van der Waals surface area contributed by atoms with Crippen LogP contribution >= 0.6 is 0 Å². The molecule has 6 nitrogen and oxygen atoms in total. The van der Waals surface area contributed by atoms with E-state index in [9.17, 15) is 0 Å². The number of oxazole rings is 1. The van der Waals surface area contributed by atoms with E-state index < -0.39 is 0 Å². The molecule has 19 heavy (non-hydrogen) atoms. The van der Waals surface area contributed by atoms with Gasteiger partial charge in [-0.3, -0.25) is 0 Å². The summed E-state index contributed by atoms with van der Waals surface area (Å²) in [6, 6.07) is 2.48. The maximum atomic E-state index is 6.03. The Morgan fingerprint density at radius 1 is 1.21 bits per heavy atom. The minimum Gasteiger partial charge on any atom is -0.422 e. The molecule has 4 rings (SSSR count). The van der Waals surface area contributed by atoms with Crippen molar-refractivity contribution in [1.29, 1.82) is 0 Å². The highest BCUT2D eigenvalue weighted by Crippen LogP contribution is 2.42. The zero-order valence-electron chi connectivity index (χ0n) is 10.6. The van der Waals surface area contributed by atoms with Gasteiger partial charge in [0.05, 0.1) is 24.6 Å². The standard InChI is InChI=1S/C13H16N4O2/c14-9-7-10-12(15-11(9)8-1-2-8)16-13(19-10)17-3-5-18-6-4-17/h7-8H,1-6,14H2. The summed E-state index contributed by atoms with van der Waals surface area (Å²) in [4.78, 5) is 11.1. The highest BCUT2D eigenvalue weighted by Gasteiger charge is 2.28. The number of fused-ring (bicyclic) bond motifs is 1. The second kappa shape index (κ2) is 4.09. The van der Waals surface area contributed by atoms with Crippen molar-refractivity contribution < 1.29 is 9.15 Å². The molecule has 2 fully saturated rings. The Kier molecular flexibility index (Phi) is 2.38. The van der Waals surface area contributed by atoms with Gasteiger partial charge in [0, 0.05) is 25.1 Å². The Hall–Kier alpha value is -1.82. The summed E-state index contributed by atoms with van der Waals surface area (Å²) < 4.78 is 11.1. The van der Waals surface area contributed by atoms with Crippen LogP contribution in [0, 0.1) is 0 Å². The molecule has 1 saturated carbocycles. The lowest BCUT2D eigenvalue weighted by Gasteiger charge is -2.24. The van der Waals surface area contributed by atoms with E-state index >= 15 is 0 Å². The number of nitrogens with zero attached hydrogens (tertiary/aromatic N) is 3. The van der Waals surface area contributed by atoms with Gasteiger partial charge in [0.1, 0.15) is 0 Å². The van der Waals surface area contributed by atoms with Crippen LogP contribution in [0.15, 0.2) is 10.5 Å². The Balaban J connectivity index is 1.73. The monoisotopic (exact) mass is 260 g/mol. The highest BCUT2D eigenvalue weighted by atomic mass is 16.5. The van der Waals surface area contributed by atoms with Crippen molar-refractivity contribution in [1.82, 2.24) is 9.97 Å². The van der Waals surface area contributed by atoms with Gasteiger partial charge in [-0.2, -0.15) is 4.98 Å². The van der Waals surface area contributed by atoms with Crippen molar-refractivity contribution in [2.24, 2.45) is 0 Å². The predicted molar refractivity (Wildman–Crippen MR) is 71.2 cm³/mol. The van der Waals surface area contributed by atoms with Crippen LogP contribution in [0.4, 0.5) is 11.7 Å². The average Bonchev–Trinajstić information content (AvgIpc) is 3.19. The van der Waals surface area contributed by atoms with Crippen LogP contribution in [0.1, 0.15) is 24.5 Å². The molecule has 2 aliphatic rings. The smallest absolute Gasteiger partial charge is 0.300 e. The largest absolute Gasteiger partial charge is 0.422 e. The van der Waals surface area contributed by atoms with E-state index in [1.54, 1.807) is 0 Å². The molecule has 2 aromatic rings. The minimum absolute atomic E-state index is 0.521. The first-order valence-electron chi connectivity index (χ1n) is 6.71. The second-order valence-corrected chi connectivity index (χ2v) is 5.15. The number of ether oxygens (including phenoxy) is 1. The molecule has 0 unspecified atom stereocenters. The summed E-state index contributed by atoms with van der Waals surface area (Å²) in [6.45, 7) is 3.03. The van der Waals surface area contributed by atoms with Crippen molar-refractivity contribution in [2.45, 2.75) is 18.8 Å². The lowest BCUT2D eigenvalue weighted by molar-refractivity contribution is 0.120. The Morgan fingerprint density at radius 2 is 2.00 bits per heavy atom. The first kappa shape index (κ1) is 11.0. The zero-order valence-corrected chi connectivity index (χ0v) is 10.6. The molecule has 0 bridgehead atoms. The number of pyridine rings is 1. The Labute approximate surface area is 110 Å². The third-order valence-corrected chi connectivity index (χ3v) is 3.68. The van der Waals surface area contributed by atoms with Gasteiger partial charge in [0.25, 0.3) is 6.01 Å². The number of anilines is 2. The molecular weight excluding hydrogens is 244 g/mol. The van der Waals surface area contributed by atoms with Crippen molar-refractivity contribution in [3.8, 4) is 0 Å². The quantitative estimate of drug-likeness (QED) is 0.882. The SMILES string of the molecule is Nc1cc2oc(N3CCOCC3)nc2nc1C1CC1. The molecular formula is C13H16N4O2. The number of rotatable bonds is 2. The van der Waals surface area contributed by atoms with Crippen molar-refractivity contribution >= 4 is 22.9 Å². The average molecular weight is 260 g/mol. The summed E-state index contributed by atoms with van der Waals surface area (Å²) in [5.74, 6) is 0.521. The molecule has 3 heterocycles. The number of aromatic nitrogens is 2. The van der Waals surface area contributed by atoms with Crippen LogP contribution in [0.3, 0.4) is 0 Å². The molecule has 100 valence electrons. The summed E-state index contributed by atoms with van der Waals surface area (Å²) in [5.41, 5.74) is 9.07. The molecule has 0 radical (unpaired) electrons. The number of hydrogen-bond donors (Lipinski definition) is 1. The van der Waals surface area contributed by atoms with Gasteiger partial charge in [-0.15, -0.1) is 0 Å². The van der Waals surface area contributed by atoms with Crippen LogP contribution in [0.25, 0.3) is 11.2 Å². The number of morpholine rings is 1. The molecule has 0 spiro atoms. The van der Waals surface area contributed by atoms with Crippen molar-refractivity contribution in [3.63, 3.8) is 0 Å². The normalized spacial score (nSPS) is 20.1. The number of nitrogen functional groups attached to an aromatic ring is 1. The molecule has 1 aliphatic carbocycles. The molecule has 1 aliphatic heterocycles. The van der Waals surface area contributed by atoms with Crippen LogP contribution < -0.4 is 10.6 Å². The third-order valence-electron chi connectivity index (χ3n) is 3.68. The molecule has 1 saturated heterocycles. The van der Waals surface area contributed by atoms with Crippen molar-refractivity contribution in [3.05, 3.63) is 11.8 Å². The van der Waals surface area contributed by atoms with Gasteiger partial charge in [0.2, 0.25) is 5.65 Å². The van der Waals surface area contributed by atoms with E-state index in [-0.39, 0.29) is 0 Å². The van der Waals surface area contributed by atoms with Gasteiger partial charge >= 0.3 is 0 Å². The fourth-order valence-electron chi connectivity index (χ4n) is 2.45. The molecule has 2 N–H and O–H groups in total. The van der Waals surface area contributed by atoms with Crippen molar-refractivity contribution in [2.75, 3.05) is 36.9 Å². The van der Waals surface area contributed by atoms with Gasteiger partial charge in [-0.1, -0.05) is 0 Å². The summed E-state index contributed by atoms with van der Waals surface area (Å²) in [7, 11) is 0. The van der Waals surface area contributed by atoms with Crippen LogP contribution in [-0.2, 0) is 4.74 Å². The third kappa shape index (κ3) is 1.92. The highest BCUT2D eigenvalue weighted by molar-refractivity contribution is 5.75. The predicted octanol–water partition coefficient (Wildman–Crippen LogP) is 1.52. The van der Waals surface area contributed by atoms with E-state index in [0.717, 1.165) is 24.5 Å².